The number of benzene rings is 1. The van der Waals surface area contributed by atoms with E-state index in [0.29, 0.717) is 28.9 Å². The summed E-state index contributed by atoms with van der Waals surface area (Å²) in [6.45, 7) is 0.859. The normalized spacial score (nSPS) is 22.0. The van der Waals surface area contributed by atoms with Crippen LogP contribution >= 0.6 is 0 Å². The van der Waals surface area contributed by atoms with E-state index in [9.17, 15) is 9.59 Å². The van der Waals surface area contributed by atoms with Gasteiger partial charge in [-0.2, -0.15) is 0 Å². The molecule has 140 valence electrons. The monoisotopic (exact) mass is 363 g/mol. The molecule has 1 aliphatic heterocycles. The van der Waals surface area contributed by atoms with Crippen LogP contribution in [-0.4, -0.2) is 34.3 Å². The minimum Gasteiger partial charge on any atom is -0.335 e. The van der Waals surface area contributed by atoms with Gasteiger partial charge in [0.1, 0.15) is 5.69 Å². The lowest BCUT2D eigenvalue weighted by Crippen LogP contribution is -2.49. The molecule has 0 unspecified atom stereocenters. The molecule has 2 aromatic rings. The van der Waals surface area contributed by atoms with Crippen molar-refractivity contribution < 1.29 is 9.59 Å². The molecule has 1 saturated heterocycles. The highest BCUT2D eigenvalue weighted by atomic mass is 16.2. The smallest absolute Gasteiger partial charge is 0.274 e. The van der Waals surface area contributed by atoms with Gasteiger partial charge in [-0.15, -0.1) is 0 Å². The second-order valence-electron chi connectivity index (χ2n) is 7.50. The number of rotatable bonds is 3. The molecule has 0 spiro atoms. The lowest BCUT2D eigenvalue weighted by Gasteiger charge is -2.44. The molecule has 4 rings (SSSR count). The standard InChI is InChI=1S/C22H25N3O2/c26-21(19-8-3-4-14-23-19)24-18-12-10-17(11-13-18)22(27)25-15-5-7-16-6-1-2-9-20(16)25/h3-4,8,10-14,16,20H,1-2,5-7,9,15H2,(H,24,26)/t16-,20-/m1/s1. The zero-order chi connectivity index (χ0) is 18.6. The van der Waals surface area contributed by atoms with E-state index < -0.39 is 0 Å². The fourth-order valence-corrected chi connectivity index (χ4v) is 4.43. The molecule has 0 radical (unpaired) electrons. The van der Waals surface area contributed by atoms with Crippen LogP contribution in [0.3, 0.4) is 0 Å². The van der Waals surface area contributed by atoms with Crippen LogP contribution in [0.25, 0.3) is 0 Å². The van der Waals surface area contributed by atoms with Crippen LogP contribution in [0.5, 0.6) is 0 Å². The zero-order valence-electron chi connectivity index (χ0n) is 15.4. The number of piperidine rings is 1. The van der Waals surface area contributed by atoms with E-state index in [1.54, 1.807) is 36.5 Å². The molecule has 2 fully saturated rings. The number of hydrogen-bond acceptors (Lipinski definition) is 3. The Hall–Kier alpha value is -2.69. The molecule has 1 aromatic heterocycles. The van der Waals surface area contributed by atoms with Gasteiger partial charge in [0, 0.05) is 30.0 Å². The number of carbonyl (C=O) groups is 2. The number of nitrogens with zero attached hydrogens (tertiary/aromatic N) is 2. The van der Waals surface area contributed by atoms with Gasteiger partial charge in [-0.3, -0.25) is 14.6 Å². The van der Waals surface area contributed by atoms with Crippen LogP contribution in [0, 0.1) is 5.92 Å². The lowest BCUT2D eigenvalue weighted by molar-refractivity contribution is 0.0390. The Morgan fingerprint density at radius 3 is 2.52 bits per heavy atom. The fraction of sp³-hybridized carbons (Fsp3) is 0.409. The minimum atomic E-state index is -0.254. The molecule has 5 nitrogen and oxygen atoms in total. The highest BCUT2D eigenvalue weighted by Crippen LogP contribution is 2.36. The molecule has 1 aliphatic carbocycles. The summed E-state index contributed by atoms with van der Waals surface area (Å²) in [5.41, 5.74) is 1.72. The van der Waals surface area contributed by atoms with Gasteiger partial charge in [0.25, 0.3) is 11.8 Å². The van der Waals surface area contributed by atoms with E-state index in [1.165, 1.54) is 25.7 Å². The average Bonchev–Trinajstić information content (AvgIpc) is 2.74. The van der Waals surface area contributed by atoms with Crippen molar-refractivity contribution in [3.63, 3.8) is 0 Å². The Kier molecular flexibility index (Phi) is 5.19. The van der Waals surface area contributed by atoms with Crippen molar-refractivity contribution in [2.45, 2.75) is 44.6 Å². The number of anilines is 1. The minimum absolute atomic E-state index is 0.120. The Balaban J connectivity index is 1.44. The second-order valence-corrected chi connectivity index (χ2v) is 7.50. The summed E-state index contributed by atoms with van der Waals surface area (Å²) in [6.07, 6.45) is 8.87. The summed E-state index contributed by atoms with van der Waals surface area (Å²) < 4.78 is 0. The topological polar surface area (TPSA) is 62.3 Å². The Morgan fingerprint density at radius 1 is 0.963 bits per heavy atom. The van der Waals surface area contributed by atoms with Gasteiger partial charge in [-0.05, 0) is 68.0 Å². The Morgan fingerprint density at radius 2 is 1.74 bits per heavy atom. The summed E-state index contributed by atoms with van der Waals surface area (Å²) in [4.78, 5) is 31.4. The summed E-state index contributed by atoms with van der Waals surface area (Å²) in [5.74, 6) is 0.540. The quantitative estimate of drug-likeness (QED) is 0.892. The molecule has 2 atom stereocenters. The van der Waals surface area contributed by atoms with Gasteiger partial charge >= 0.3 is 0 Å². The van der Waals surface area contributed by atoms with Crippen molar-refractivity contribution in [2.75, 3.05) is 11.9 Å². The van der Waals surface area contributed by atoms with Gasteiger partial charge in [0.2, 0.25) is 0 Å². The predicted molar refractivity (Wildman–Crippen MR) is 105 cm³/mol. The van der Waals surface area contributed by atoms with E-state index in [-0.39, 0.29) is 11.8 Å². The first kappa shape index (κ1) is 17.7. The van der Waals surface area contributed by atoms with Crippen molar-refractivity contribution in [3.05, 3.63) is 59.9 Å². The zero-order valence-corrected chi connectivity index (χ0v) is 15.4. The van der Waals surface area contributed by atoms with Crippen LogP contribution in [0.4, 0.5) is 5.69 Å². The van der Waals surface area contributed by atoms with Crippen LogP contribution < -0.4 is 5.32 Å². The van der Waals surface area contributed by atoms with Crippen molar-refractivity contribution in [1.82, 2.24) is 9.88 Å². The molecule has 1 aromatic carbocycles. The van der Waals surface area contributed by atoms with E-state index in [1.807, 2.05) is 12.1 Å². The van der Waals surface area contributed by atoms with Gasteiger partial charge in [-0.25, -0.2) is 0 Å². The maximum atomic E-state index is 13.0. The molecule has 2 amide bonds. The SMILES string of the molecule is O=C(Nc1ccc(C(=O)N2CCC[C@H]3CCCC[C@H]32)cc1)c1ccccn1. The molecule has 0 bridgehead atoms. The molecular weight excluding hydrogens is 338 g/mol. The van der Waals surface area contributed by atoms with Crippen molar-refractivity contribution >= 4 is 17.5 Å². The number of aromatic nitrogens is 1. The predicted octanol–water partition coefficient (Wildman–Crippen LogP) is 4.13. The first-order chi connectivity index (χ1) is 13.2. The highest BCUT2D eigenvalue weighted by molar-refractivity contribution is 6.03. The van der Waals surface area contributed by atoms with Crippen molar-refractivity contribution in [3.8, 4) is 0 Å². The van der Waals surface area contributed by atoms with Gasteiger partial charge < -0.3 is 10.2 Å². The number of fused-ring (bicyclic) bond motifs is 1. The summed E-state index contributed by atoms with van der Waals surface area (Å²) in [5, 5.41) is 2.82. The second kappa shape index (κ2) is 7.91. The number of carbonyl (C=O) groups excluding carboxylic acids is 2. The molecule has 5 heteroatoms. The van der Waals surface area contributed by atoms with Gasteiger partial charge in [0.15, 0.2) is 0 Å². The van der Waals surface area contributed by atoms with Gasteiger partial charge in [0.05, 0.1) is 0 Å². The van der Waals surface area contributed by atoms with Crippen LogP contribution in [0.1, 0.15) is 59.4 Å². The first-order valence-corrected chi connectivity index (χ1v) is 9.86. The maximum absolute atomic E-state index is 13.0. The maximum Gasteiger partial charge on any atom is 0.274 e. The molecule has 2 aliphatic rings. The van der Waals surface area contributed by atoms with Crippen LogP contribution in [0.2, 0.25) is 0 Å². The van der Waals surface area contributed by atoms with E-state index in [4.69, 9.17) is 0 Å². The number of likely N-dealkylation sites (tertiary alicyclic amines) is 1. The third kappa shape index (κ3) is 3.87. The Bertz CT molecular complexity index is 802. The van der Waals surface area contributed by atoms with Crippen molar-refractivity contribution in [2.24, 2.45) is 5.92 Å². The summed E-state index contributed by atoms with van der Waals surface area (Å²) >= 11 is 0. The molecular formula is C22H25N3O2. The molecule has 1 saturated carbocycles. The van der Waals surface area contributed by atoms with E-state index in [2.05, 4.69) is 15.2 Å². The van der Waals surface area contributed by atoms with Crippen LogP contribution in [0.15, 0.2) is 48.7 Å². The Labute approximate surface area is 159 Å². The van der Waals surface area contributed by atoms with Gasteiger partial charge in [-0.1, -0.05) is 18.9 Å². The summed E-state index contributed by atoms with van der Waals surface area (Å²) in [6, 6.07) is 12.8. The summed E-state index contributed by atoms with van der Waals surface area (Å²) in [7, 11) is 0. The lowest BCUT2D eigenvalue weighted by atomic mass is 9.78. The number of nitrogens with one attached hydrogen (secondary N) is 1. The fourth-order valence-electron chi connectivity index (χ4n) is 4.43. The number of pyridine rings is 1. The number of amides is 2. The third-order valence-electron chi connectivity index (χ3n) is 5.79. The van der Waals surface area contributed by atoms with Crippen molar-refractivity contribution in [1.29, 1.82) is 0 Å². The van der Waals surface area contributed by atoms with E-state index >= 15 is 0 Å². The highest BCUT2D eigenvalue weighted by Gasteiger charge is 2.35. The molecule has 2 heterocycles. The van der Waals surface area contributed by atoms with Crippen LogP contribution in [-0.2, 0) is 0 Å². The third-order valence-corrected chi connectivity index (χ3v) is 5.79. The first-order valence-electron chi connectivity index (χ1n) is 9.86. The molecule has 1 N–H and O–H groups in total. The largest absolute Gasteiger partial charge is 0.335 e. The van der Waals surface area contributed by atoms with E-state index in [0.717, 1.165) is 19.4 Å². The molecule has 27 heavy (non-hydrogen) atoms. The average molecular weight is 363 g/mol. The number of hydrogen-bond donors (Lipinski definition) is 1.